The van der Waals surface area contributed by atoms with Crippen LogP contribution in [0, 0.1) is 0 Å². The lowest BCUT2D eigenvalue weighted by molar-refractivity contribution is -0.124. The Balaban J connectivity index is 1.63. The maximum atomic E-state index is 12.0. The minimum atomic E-state index is 0.00843. The quantitative estimate of drug-likeness (QED) is 0.719. The Bertz CT molecular complexity index is 369. The van der Waals surface area contributed by atoms with Crippen LogP contribution in [0.25, 0.3) is 0 Å². The van der Waals surface area contributed by atoms with Gasteiger partial charge in [0, 0.05) is 25.7 Å². The highest BCUT2D eigenvalue weighted by Crippen LogP contribution is 2.19. The number of nitrogens with zero attached hydrogens (tertiary/aromatic N) is 1. The first kappa shape index (κ1) is 16.5. The molecule has 2 aliphatic rings. The molecule has 5 nitrogen and oxygen atoms in total. The van der Waals surface area contributed by atoms with Crippen molar-refractivity contribution in [3.05, 3.63) is 11.6 Å². The van der Waals surface area contributed by atoms with Crippen molar-refractivity contribution in [2.24, 2.45) is 5.73 Å². The third-order valence-corrected chi connectivity index (χ3v) is 4.28. The lowest BCUT2D eigenvalue weighted by Crippen LogP contribution is -2.51. The van der Waals surface area contributed by atoms with E-state index in [1.54, 1.807) is 0 Å². The van der Waals surface area contributed by atoms with Crippen molar-refractivity contribution in [1.82, 2.24) is 10.2 Å². The molecule has 1 amide bonds. The molecule has 0 saturated carbocycles. The van der Waals surface area contributed by atoms with E-state index in [0.29, 0.717) is 13.2 Å². The summed E-state index contributed by atoms with van der Waals surface area (Å²) in [6, 6.07) is 0.00843. The second-order valence-electron chi connectivity index (χ2n) is 6.21. The number of carbonyl (C=O) groups is 1. The zero-order valence-electron chi connectivity index (χ0n) is 13.1. The predicted molar refractivity (Wildman–Crippen MR) is 84.0 cm³/mol. The molecule has 3 N–H and O–H groups in total. The van der Waals surface area contributed by atoms with Crippen LogP contribution in [-0.4, -0.2) is 55.7 Å². The molecule has 21 heavy (non-hydrogen) atoms. The summed E-state index contributed by atoms with van der Waals surface area (Å²) in [4.78, 5) is 14.1. The second-order valence-corrected chi connectivity index (χ2v) is 6.21. The number of rotatable bonds is 6. The van der Waals surface area contributed by atoms with E-state index in [1.807, 2.05) is 6.92 Å². The number of allylic oxidation sites excluding steroid dienone is 1. The van der Waals surface area contributed by atoms with Crippen LogP contribution in [0.1, 0.15) is 39.0 Å². The summed E-state index contributed by atoms with van der Waals surface area (Å²) < 4.78 is 5.61. The Morgan fingerprint density at radius 2 is 2.43 bits per heavy atom. The van der Waals surface area contributed by atoms with E-state index in [-0.39, 0.29) is 18.1 Å². The Kier molecular flexibility index (Phi) is 6.67. The molecular formula is C16H29N3O2. The van der Waals surface area contributed by atoms with Gasteiger partial charge in [0.15, 0.2) is 0 Å². The first-order chi connectivity index (χ1) is 10.1. The molecule has 2 rings (SSSR count). The van der Waals surface area contributed by atoms with Gasteiger partial charge < -0.3 is 15.8 Å². The summed E-state index contributed by atoms with van der Waals surface area (Å²) in [7, 11) is 0. The molecule has 120 valence electrons. The monoisotopic (exact) mass is 295 g/mol. The Hall–Kier alpha value is -0.910. The van der Waals surface area contributed by atoms with Gasteiger partial charge in [-0.05, 0) is 39.0 Å². The third kappa shape index (κ3) is 5.77. The molecule has 0 bridgehead atoms. The van der Waals surface area contributed by atoms with E-state index in [1.165, 1.54) is 31.3 Å². The van der Waals surface area contributed by atoms with Crippen molar-refractivity contribution < 1.29 is 9.53 Å². The molecule has 1 aliphatic carbocycles. The third-order valence-electron chi connectivity index (χ3n) is 4.28. The molecule has 0 aromatic heterocycles. The number of hydrogen-bond donors (Lipinski definition) is 2. The fourth-order valence-electron chi connectivity index (χ4n) is 2.95. The number of carbonyl (C=O) groups excluding carboxylic acids is 1. The van der Waals surface area contributed by atoms with Gasteiger partial charge in [-0.15, -0.1) is 0 Å². The van der Waals surface area contributed by atoms with Gasteiger partial charge in [0.2, 0.25) is 5.91 Å². The SMILES string of the molecule is CC(N)C1CN(CC(=O)NCCC2=CCCCC2)CCO1. The van der Waals surface area contributed by atoms with Crippen LogP contribution in [0.2, 0.25) is 0 Å². The summed E-state index contributed by atoms with van der Waals surface area (Å²) in [6.07, 6.45) is 8.39. The Morgan fingerprint density at radius 1 is 1.57 bits per heavy atom. The second kappa shape index (κ2) is 8.51. The number of hydrogen-bond acceptors (Lipinski definition) is 4. The summed E-state index contributed by atoms with van der Waals surface area (Å²) >= 11 is 0. The van der Waals surface area contributed by atoms with Crippen LogP contribution in [-0.2, 0) is 9.53 Å². The minimum Gasteiger partial charge on any atom is -0.374 e. The van der Waals surface area contributed by atoms with Crippen molar-refractivity contribution in [3.8, 4) is 0 Å². The van der Waals surface area contributed by atoms with E-state index in [9.17, 15) is 4.79 Å². The topological polar surface area (TPSA) is 67.6 Å². The van der Waals surface area contributed by atoms with Crippen LogP contribution in [0.15, 0.2) is 11.6 Å². The van der Waals surface area contributed by atoms with E-state index in [0.717, 1.165) is 26.1 Å². The van der Waals surface area contributed by atoms with E-state index in [4.69, 9.17) is 10.5 Å². The number of amides is 1. The molecule has 1 heterocycles. The van der Waals surface area contributed by atoms with Gasteiger partial charge in [0.05, 0.1) is 19.3 Å². The zero-order valence-corrected chi connectivity index (χ0v) is 13.1. The van der Waals surface area contributed by atoms with Gasteiger partial charge in [-0.1, -0.05) is 11.6 Å². The van der Waals surface area contributed by atoms with E-state index < -0.39 is 0 Å². The fourth-order valence-corrected chi connectivity index (χ4v) is 2.95. The summed E-state index contributed by atoms with van der Waals surface area (Å²) in [5.41, 5.74) is 7.37. The van der Waals surface area contributed by atoms with Gasteiger partial charge >= 0.3 is 0 Å². The minimum absolute atomic E-state index is 0.00843. The largest absolute Gasteiger partial charge is 0.374 e. The number of nitrogens with two attached hydrogens (primary N) is 1. The maximum Gasteiger partial charge on any atom is 0.234 e. The van der Waals surface area contributed by atoms with Crippen molar-refractivity contribution in [3.63, 3.8) is 0 Å². The standard InChI is InChI=1S/C16H29N3O2/c1-13(17)15-11-19(9-10-21-15)12-16(20)18-8-7-14-5-3-2-4-6-14/h5,13,15H,2-4,6-12,17H2,1H3,(H,18,20). The van der Waals surface area contributed by atoms with E-state index >= 15 is 0 Å². The number of morpholine rings is 1. The normalized spacial score (nSPS) is 25.2. The molecular weight excluding hydrogens is 266 g/mol. The first-order valence-corrected chi connectivity index (χ1v) is 8.19. The van der Waals surface area contributed by atoms with E-state index in [2.05, 4.69) is 16.3 Å². The molecule has 1 fully saturated rings. The number of ether oxygens (including phenoxy) is 1. The summed E-state index contributed by atoms with van der Waals surface area (Å²) in [5.74, 6) is 0.108. The highest BCUT2D eigenvalue weighted by atomic mass is 16.5. The van der Waals surface area contributed by atoms with Crippen molar-refractivity contribution in [1.29, 1.82) is 0 Å². The molecule has 0 spiro atoms. The highest BCUT2D eigenvalue weighted by molar-refractivity contribution is 5.78. The van der Waals surface area contributed by atoms with Gasteiger partial charge in [-0.25, -0.2) is 0 Å². The van der Waals surface area contributed by atoms with Crippen LogP contribution in [0.5, 0.6) is 0 Å². The summed E-state index contributed by atoms with van der Waals surface area (Å²) in [5, 5.41) is 3.03. The highest BCUT2D eigenvalue weighted by Gasteiger charge is 2.24. The molecule has 1 saturated heterocycles. The predicted octanol–water partition coefficient (Wildman–Crippen LogP) is 1.04. The number of nitrogens with one attached hydrogen (secondary N) is 1. The molecule has 2 unspecified atom stereocenters. The van der Waals surface area contributed by atoms with Crippen molar-refractivity contribution in [2.45, 2.75) is 51.2 Å². The van der Waals surface area contributed by atoms with Crippen LogP contribution >= 0.6 is 0 Å². The van der Waals surface area contributed by atoms with Gasteiger partial charge in [0.1, 0.15) is 0 Å². The van der Waals surface area contributed by atoms with Crippen LogP contribution in [0.3, 0.4) is 0 Å². The average Bonchev–Trinajstić information content (AvgIpc) is 2.48. The Morgan fingerprint density at radius 3 is 3.14 bits per heavy atom. The molecule has 2 atom stereocenters. The molecule has 0 radical (unpaired) electrons. The molecule has 5 heteroatoms. The lowest BCUT2D eigenvalue weighted by Gasteiger charge is -2.34. The molecule has 0 aromatic rings. The van der Waals surface area contributed by atoms with Crippen molar-refractivity contribution >= 4 is 5.91 Å². The smallest absolute Gasteiger partial charge is 0.234 e. The first-order valence-electron chi connectivity index (χ1n) is 8.19. The van der Waals surface area contributed by atoms with Gasteiger partial charge in [-0.3, -0.25) is 9.69 Å². The molecule has 1 aliphatic heterocycles. The summed E-state index contributed by atoms with van der Waals surface area (Å²) in [6.45, 7) is 5.37. The fraction of sp³-hybridized carbons (Fsp3) is 0.812. The van der Waals surface area contributed by atoms with Crippen molar-refractivity contribution in [2.75, 3.05) is 32.8 Å². The average molecular weight is 295 g/mol. The molecule has 0 aromatic carbocycles. The lowest BCUT2D eigenvalue weighted by atomic mass is 9.97. The Labute approximate surface area is 127 Å². The van der Waals surface area contributed by atoms with Crippen LogP contribution in [0.4, 0.5) is 0 Å². The van der Waals surface area contributed by atoms with Crippen LogP contribution < -0.4 is 11.1 Å². The van der Waals surface area contributed by atoms with Gasteiger partial charge in [0.25, 0.3) is 0 Å². The van der Waals surface area contributed by atoms with Gasteiger partial charge in [-0.2, -0.15) is 0 Å². The maximum absolute atomic E-state index is 12.0. The zero-order chi connectivity index (χ0) is 15.1.